The summed E-state index contributed by atoms with van der Waals surface area (Å²) in [6, 6.07) is 0.472. The van der Waals surface area contributed by atoms with E-state index in [9.17, 15) is 0 Å². The van der Waals surface area contributed by atoms with Crippen molar-refractivity contribution in [3.63, 3.8) is 0 Å². The first-order chi connectivity index (χ1) is 10.8. The molecule has 0 bridgehead atoms. The third-order valence-corrected chi connectivity index (χ3v) is 4.48. The van der Waals surface area contributed by atoms with Crippen LogP contribution < -0.4 is 0 Å². The van der Waals surface area contributed by atoms with Crippen LogP contribution in [0, 0.1) is 13.8 Å². The van der Waals surface area contributed by atoms with Crippen molar-refractivity contribution in [1.82, 2.24) is 24.6 Å². The molecule has 6 nitrogen and oxygen atoms in total. The van der Waals surface area contributed by atoms with E-state index in [-0.39, 0.29) is 5.41 Å². The number of nitrogens with zero attached hydrogens (tertiary/aromatic N) is 5. The van der Waals surface area contributed by atoms with Crippen molar-refractivity contribution in [2.24, 2.45) is 0 Å². The summed E-state index contributed by atoms with van der Waals surface area (Å²) in [7, 11) is 0. The largest absolute Gasteiger partial charge is 0.444 e. The van der Waals surface area contributed by atoms with Crippen LogP contribution in [0.15, 0.2) is 10.6 Å². The summed E-state index contributed by atoms with van der Waals surface area (Å²) >= 11 is 0. The average molecular weight is 317 g/mol. The quantitative estimate of drug-likeness (QED) is 0.868. The lowest BCUT2D eigenvalue weighted by Crippen LogP contribution is -2.33. The van der Waals surface area contributed by atoms with Gasteiger partial charge in [0, 0.05) is 11.5 Å². The molecule has 3 heterocycles. The van der Waals surface area contributed by atoms with Crippen molar-refractivity contribution in [3.8, 4) is 0 Å². The van der Waals surface area contributed by atoms with Crippen LogP contribution in [0.4, 0.5) is 0 Å². The van der Waals surface area contributed by atoms with Crippen LogP contribution in [0.3, 0.4) is 0 Å². The van der Waals surface area contributed by atoms with Crippen LogP contribution in [0.1, 0.15) is 56.9 Å². The van der Waals surface area contributed by atoms with Crippen LogP contribution in [0.2, 0.25) is 0 Å². The molecule has 1 aliphatic heterocycles. The molecule has 1 aliphatic rings. The molecule has 126 valence electrons. The Morgan fingerprint density at radius 2 is 2.09 bits per heavy atom. The molecule has 3 rings (SSSR count). The van der Waals surface area contributed by atoms with Crippen molar-refractivity contribution < 1.29 is 4.42 Å². The molecule has 1 atom stereocenters. The van der Waals surface area contributed by atoms with E-state index in [2.05, 4.69) is 40.7 Å². The Bertz CT molecular complexity index is 667. The van der Waals surface area contributed by atoms with Gasteiger partial charge in [0.1, 0.15) is 17.4 Å². The minimum Gasteiger partial charge on any atom is -0.444 e. The highest BCUT2D eigenvalue weighted by Crippen LogP contribution is 2.25. The predicted octanol–water partition coefficient (Wildman–Crippen LogP) is 2.85. The van der Waals surface area contributed by atoms with E-state index >= 15 is 0 Å². The molecular weight excluding hydrogens is 290 g/mol. The lowest BCUT2D eigenvalue weighted by molar-refractivity contribution is 0.195. The van der Waals surface area contributed by atoms with Gasteiger partial charge < -0.3 is 4.42 Å². The van der Waals surface area contributed by atoms with E-state index < -0.39 is 0 Å². The zero-order valence-electron chi connectivity index (χ0n) is 14.8. The summed E-state index contributed by atoms with van der Waals surface area (Å²) in [5, 5.41) is 4.49. The number of hydrogen-bond donors (Lipinski definition) is 0. The number of aromatic nitrogens is 4. The van der Waals surface area contributed by atoms with E-state index in [1.54, 1.807) is 0 Å². The molecular formula is C17H27N5O. The standard InChI is InChI=1S/C17H27N5O/c1-12-19-13(2)22(20-12)10-14-7-6-8-21(14)11-16-18-9-15(23-16)17(3,4)5/h9,14H,6-8,10-11H2,1-5H3/t14-/m1/s1. The third kappa shape index (κ3) is 3.63. The maximum atomic E-state index is 5.95. The van der Waals surface area contributed by atoms with Gasteiger partial charge in [-0.2, -0.15) is 5.10 Å². The van der Waals surface area contributed by atoms with Crippen molar-refractivity contribution in [3.05, 3.63) is 29.5 Å². The Balaban J connectivity index is 1.67. The molecule has 0 N–H and O–H groups in total. The average Bonchev–Trinajstić information content (AvgIpc) is 3.13. The van der Waals surface area contributed by atoms with Crippen molar-refractivity contribution >= 4 is 0 Å². The Kier molecular flexibility index (Phi) is 4.27. The summed E-state index contributed by atoms with van der Waals surface area (Å²) in [5.41, 5.74) is 0.00499. The van der Waals surface area contributed by atoms with Gasteiger partial charge in [-0.25, -0.2) is 14.6 Å². The third-order valence-electron chi connectivity index (χ3n) is 4.48. The number of aryl methyl sites for hydroxylation is 2. The molecule has 0 spiro atoms. The fourth-order valence-corrected chi connectivity index (χ4v) is 3.15. The van der Waals surface area contributed by atoms with E-state index in [1.165, 1.54) is 12.8 Å². The van der Waals surface area contributed by atoms with Gasteiger partial charge in [-0.1, -0.05) is 20.8 Å². The molecule has 2 aromatic heterocycles. The molecule has 2 aromatic rings. The van der Waals surface area contributed by atoms with Gasteiger partial charge >= 0.3 is 0 Å². The highest BCUT2D eigenvalue weighted by atomic mass is 16.4. The first-order valence-corrected chi connectivity index (χ1v) is 8.40. The van der Waals surface area contributed by atoms with E-state index in [0.29, 0.717) is 6.04 Å². The van der Waals surface area contributed by atoms with Gasteiger partial charge in [0.25, 0.3) is 0 Å². The molecule has 1 fully saturated rings. The number of hydrogen-bond acceptors (Lipinski definition) is 5. The second-order valence-electron chi connectivity index (χ2n) is 7.52. The smallest absolute Gasteiger partial charge is 0.208 e. The van der Waals surface area contributed by atoms with Crippen molar-refractivity contribution in [2.45, 2.75) is 72.0 Å². The number of oxazole rings is 1. The van der Waals surface area contributed by atoms with Gasteiger partial charge in [-0.3, -0.25) is 4.90 Å². The summed E-state index contributed by atoms with van der Waals surface area (Å²) in [6.45, 7) is 13.1. The fourth-order valence-electron chi connectivity index (χ4n) is 3.15. The molecule has 0 amide bonds. The van der Waals surface area contributed by atoms with Crippen molar-refractivity contribution in [1.29, 1.82) is 0 Å². The summed E-state index contributed by atoms with van der Waals surface area (Å²) in [5.74, 6) is 3.59. The second-order valence-corrected chi connectivity index (χ2v) is 7.52. The van der Waals surface area contributed by atoms with Crippen LogP contribution >= 0.6 is 0 Å². The highest BCUT2D eigenvalue weighted by molar-refractivity contribution is 5.06. The second kappa shape index (κ2) is 6.07. The van der Waals surface area contributed by atoms with Gasteiger partial charge in [-0.15, -0.1) is 0 Å². The molecule has 0 saturated carbocycles. The zero-order valence-corrected chi connectivity index (χ0v) is 14.8. The highest BCUT2D eigenvalue weighted by Gasteiger charge is 2.28. The maximum absolute atomic E-state index is 5.95. The summed E-state index contributed by atoms with van der Waals surface area (Å²) in [6.07, 6.45) is 4.26. The molecule has 0 radical (unpaired) electrons. The Morgan fingerprint density at radius 1 is 1.30 bits per heavy atom. The SMILES string of the molecule is Cc1nc(C)n(C[C@H]2CCCN2Cc2ncc(C(C)(C)C)o2)n1. The first-order valence-electron chi connectivity index (χ1n) is 8.40. The topological polar surface area (TPSA) is 60.0 Å². The van der Waals surface area contributed by atoms with Crippen LogP contribution in [0.5, 0.6) is 0 Å². The molecule has 0 aliphatic carbocycles. The molecule has 23 heavy (non-hydrogen) atoms. The van der Waals surface area contributed by atoms with Gasteiger partial charge in [0.15, 0.2) is 0 Å². The molecule has 1 saturated heterocycles. The molecule has 0 unspecified atom stereocenters. The van der Waals surface area contributed by atoms with Crippen LogP contribution in [-0.2, 0) is 18.5 Å². The maximum Gasteiger partial charge on any atom is 0.208 e. The van der Waals surface area contributed by atoms with Gasteiger partial charge in [0.2, 0.25) is 5.89 Å². The van der Waals surface area contributed by atoms with E-state index in [0.717, 1.165) is 42.9 Å². The van der Waals surface area contributed by atoms with Gasteiger partial charge in [0.05, 0.1) is 19.3 Å². The Labute approximate surface area is 137 Å². The summed E-state index contributed by atoms with van der Waals surface area (Å²) in [4.78, 5) is 11.3. The molecule has 6 heteroatoms. The van der Waals surface area contributed by atoms with E-state index in [4.69, 9.17) is 4.42 Å². The molecule has 0 aromatic carbocycles. The lowest BCUT2D eigenvalue weighted by Gasteiger charge is -2.23. The zero-order chi connectivity index (χ0) is 16.6. The van der Waals surface area contributed by atoms with Crippen molar-refractivity contribution in [2.75, 3.05) is 6.54 Å². The fraction of sp³-hybridized carbons (Fsp3) is 0.706. The lowest BCUT2D eigenvalue weighted by atomic mass is 9.94. The van der Waals surface area contributed by atoms with Gasteiger partial charge in [-0.05, 0) is 33.2 Å². The monoisotopic (exact) mass is 317 g/mol. The minimum atomic E-state index is 0.00499. The summed E-state index contributed by atoms with van der Waals surface area (Å²) < 4.78 is 7.97. The van der Waals surface area contributed by atoms with Crippen LogP contribution in [0.25, 0.3) is 0 Å². The normalized spacial score (nSPS) is 19.6. The Morgan fingerprint density at radius 3 is 2.70 bits per heavy atom. The Hall–Kier alpha value is -1.69. The minimum absolute atomic E-state index is 0.00499. The first kappa shape index (κ1) is 16.2. The van der Waals surface area contributed by atoms with Crippen LogP contribution in [-0.4, -0.2) is 37.2 Å². The predicted molar refractivity (Wildman–Crippen MR) is 88.1 cm³/mol. The number of rotatable bonds is 4. The number of likely N-dealkylation sites (tertiary alicyclic amines) is 1. The van der Waals surface area contributed by atoms with E-state index in [1.807, 2.05) is 24.7 Å².